The number of fused-ring (bicyclic) bond motifs is 1. The van der Waals surface area contributed by atoms with Gasteiger partial charge in [0.05, 0.1) is 25.8 Å². The summed E-state index contributed by atoms with van der Waals surface area (Å²) in [7, 11) is 1.64. The largest absolute Gasteiger partial charge is 0.497 e. The van der Waals surface area contributed by atoms with Crippen molar-refractivity contribution in [2.45, 2.75) is 0 Å². The van der Waals surface area contributed by atoms with Gasteiger partial charge in [0.1, 0.15) is 11.6 Å². The second kappa shape index (κ2) is 8.20. The number of aromatic nitrogens is 1. The summed E-state index contributed by atoms with van der Waals surface area (Å²) in [6.07, 6.45) is 1.75. The van der Waals surface area contributed by atoms with Gasteiger partial charge in [-0.25, -0.2) is 14.8 Å². The molecule has 3 aromatic rings. The maximum atomic E-state index is 12.5. The fourth-order valence-electron chi connectivity index (χ4n) is 3.68. The number of carbonyl (C=O) groups is 1. The van der Waals surface area contributed by atoms with Crippen molar-refractivity contribution in [1.29, 1.82) is 0 Å². The Bertz CT molecular complexity index is 1200. The smallest absolute Gasteiger partial charge is 0.363 e. The van der Waals surface area contributed by atoms with Crippen molar-refractivity contribution in [3.8, 4) is 5.75 Å². The molecule has 0 saturated carbocycles. The van der Waals surface area contributed by atoms with Crippen molar-refractivity contribution < 1.29 is 19.0 Å². The lowest BCUT2D eigenvalue weighted by molar-refractivity contribution is -0.129. The molecule has 0 aliphatic carbocycles. The van der Waals surface area contributed by atoms with E-state index in [1.807, 2.05) is 54.6 Å². The summed E-state index contributed by atoms with van der Waals surface area (Å²) in [5.74, 6) is 1.37. The lowest BCUT2D eigenvalue weighted by Crippen LogP contribution is -2.37. The first-order valence-electron chi connectivity index (χ1n) is 10.1. The summed E-state index contributed by atoms with van der Waals surface area (Å²) in [6.45, 7) is 2.71. The zero-order valence-corrected chi connectivity index (χ0v) is 17.1. The Labute approximate surface area is 179 Å². The number of pyridine rings is 1. The van der Waals surface area contributed by atoms with Crippen molar-refractivity contribution in [1.82, 2.24) is 4.98 Å². The number of rotatable bonds is 4. The summed E-state index contributed by atoms with van der Waals surface area (Å²) < 4.78 is 16.3. The first-order valence-corrected chi connectivity index (χ1v) is 10.1. The number of esters is 1. The molecule has 0 unspecified atom stereocenters. The zero-order chi connectivity index (χ0) is 21.2. The second-order valence-electron chi connectivity index (χ2n) is 7.26. The lowest BCUT2D eigenvalue weighted by Gasteiger charge is -2.29. The van der Waals surface area contributed by atoms with Crippen molar-refractivity contribution >= 4 is 34.7 Å². The summed E-state index contributed by atoms with van der Waals surface area (Å²) in [4.78, 5) is 24.0. The molecule has 0 bridgehead atoms. The first kappa shape index (κ1) is 19.3. The van der Waals surface area contributed by atoms with E-state index in [1.165, 1.54) is 0 Å². The highest BCUT2D eigenvalue weighted by Gasteiger charge is 2.25. The van der Waals surface area contributed by atoms with E-state index in [9.17, 15) is 4.79 Å². The Kier molecular flexibility index (Phi) is 5.09. The molecule has 7 nitrogen and oxygen atoms in total. The number of carbonyl (C=O) groups excluding carboxylic acids is 1. The van der Waals surface area contributed by atoms with Crippen molar-refractivity contribution in [3.05, 3.63) is 71.4 Å². The minimum atomic E-state index is -0.471. The number of cyclic esters (lactones) is 1. The number of hydrogen-bond acceptors (Lipinski definition) is 7. The van der Waals surface area contributed by atoms with Gasteiger partial charge in [0.15, 0.2) is 5.70 Å². The van der Waals surface area contributed by atoms with Crippen molar-refractivity contribution in [2.24, 2.45) is 4.99 Å². The Morgan fingerprint density at radius 1 is 1.06 bits per heavy atom. The van der Waals surface area contributed by atoms with Crippen LogP contribution in [0.25, 0.3) is 17.0 Å². The predicted molar refractivity (Wildman–Crippen MR) is 118 cm³/mol. The van der Waals surface area contributed by atoms with Crippen LogP contribution in [0, 0.1) is 0 Å². The van der Waals surface area contributed by atoms with Gasteiger partial charge >= 0.3 is 5.97 Å². The van der Waals surface area contributed by atoms with E-state index >= 15 is 0 Å². The molecule has 0 spiro atoms. The summed E-state index contributed by atoms with van der Waals surface area (Å²) in [6, 6.07) is 17.2. The number of morpholine rings is 1. The van der Waals surface area contributed by atoms with Crippen molar-refractivity contribution in [2.75, 3.05) is 38.3 Å². The molecule has 1 fully saturated rings. The lowest BCUT2D eigenvalue weighted by atomic mass is 10.1. The highest BCUT2D eigenvalue weighted by Crippen LogP contribution is 2.30. The van der Waals surface area contributed by atoms with Crippen LogP contribution in [0.3, 0.4) is 0 Å². The first-order chi connectivity index (χ1) is 15.2. The van der Waals surface area contributed by atoms with Crippen LogP contribution in [-0.4, -0.2) is 50.3 Å². The number of ether oxygens (including phenoxy) is 3. The Morgan fingerprint density at radius 3 is 2.65 bits per heavy atom. The second-order valence-corrected chi connectivity index (χ2v) is 7.26. The number of benzene rings is 2. The minimum Gasteiger partial charge on any atom is -0.497 e. The summed E-state index contributed by atoms with van der Waals surface area (Å²) in [5.41, 5.74) is 2.65. The van der Waals surface area contributed by atoms with E-state index in [0.717, 1.165) is 46.7 Å². The third-order valence-electron chi connectivity index (χ3n) is 5.28. The SMILES string of the molecule is COc1ccc2cc(/C=C3/N=C(c4ccccc4)OC3=O)c(N3CCOCC3)nc2c1. The Hall–Kier alpha value is -3.71. The van der Waals surface area contributed by atoms with Gasteiger partial charge < -0.3 is 19.1 Å². The number of hydrogen-bond donors (Lipinski definition) is 0. The van der Waals surface area contributed by atoms with Crippen LogP contribution in [0.5, 0.6) is 5.75 Å². The average Bonchev–Trinajstić information content (AvgIpc) is 3.19. The fraction of sp³-hybridized carbons (Fsp3) is 0.208. The standard InChI is InChI=1S/C24H21N3O4/c1-29-19-8-7-17-13-18(22(25-20(17)15-19)27-9-11-30-12-10-27)14-21-24(28)31-23(26-21)16-5-3-2-4-6-16/h2-8,13-15H,9-12H2,1H3/b21-14+. The van der Waals surface area contributed by atoms with E-state index < -0.39 is 5.97 Å². The molecular weight excluding hydrogens is 394 g/mol. The molecule has 3 heterocycles. The number of methoxy groups -OCH3 is 1. The monoisotopic (exact) mass is 415 g/mol. The van der Waals surface area contributed by atoms with E-state index in [1.54, 1.807) is 13.2 Å². The van der Waals surface area contributed by atoms with E-state index in [2.05, 4.69) is 9.89 Å². The van der Waals surface area contributed by atoms with Gasteiger partial charge in [-0.15, -0.1) is 0 Å². The molecule has 2 aromatic carbocycles. The molecule has 156 valence electrons. The number of nitrogens with zero attached hydrogens (tertiary/aromatic N) is 3. The van der Waals surface area contributed by atoms with Crippen LogP contribution in [0.1, 0.15) is 11.1 Å². The zero-order valence-electron chi connectivity index (χ0n) is 17.1. The highest BCUT2D eigenvalue weighted by atomic mass is 16.6. The summed E-state index contributed by atoms with van der Waals surface area (Å²) in [5, 5.41) is 0.947. The molecular formula is C24H21N3O4. The molecule has 31 heavy (non-hydrogen) atoms. The summed E-state index contributed by atoms with van der Waals surface area (Å²) >= 11 is 0. The molecule has 1 saturated heterocycles. The van der Waals surface area contributed by atoms with Gasteiger partial charge in [0.2, 0.25) is 5.90 Å². The van der Waals surface area contributed by atoms with Gasteiger partial charge in [-0.05, 0) is 36.4 Å². The molecule has 2 aliphatic rings. The highest BCUT2D eigenvalue weighted by molar-refractivity contribution is 6.13. The molecule has 0 radical (unpaired) electrons. The van der Waals surface area contributed by atoms with Crippen LogP contribution in [0.2, 0.25) is 0 Å². The normalized spacial score (nSPS) is 17.7. The topological polar surface area (TPSA) is 73.2 Å². The maximum absolute atomic E-state index is 12.5. The van der Waals surface area contributed by atoms with Crippen LogP contribution >= 0.6 is 0 Å². The number of aliphatic imine (C=N–C) groups is 1. The van der Waals surface area contributed by atoms with Crippen LogP contribution in [-0.2, 0) is 14.3 Å². The molecule has 1 aromatic heterocycles. The van der Waals surface area contributed by atoms with Crippen molar-refractivity contribution in [3.63, 3.8) is 0 Å². The maximum Gasteiger partial charge on any atom is 0.363 e. The molecule has 7 heteroatoms. The predicted octanol–water partition coefficient (Wildman–Crippen LogP) is 3.42. The Balaban J connectivity index is 1.60. The molecule has 2 aliphatic heterocycles. The quantitative estimate of drug-likeness (QED) is 0.480. The molecule has 0 N–H and O–H groups in total. The van der Waals surface area contributed by atoms with E-state index in [-0.39, 0.29) is 5.70 Å². The molecule has 0 atom stereocenters. The molecule has 0 amide bonds. The third-order valence-corrected chi connectivity index (χ3v) is 5.28. The van der Waals surface area contributed by atoms with E-state index in [4.69, 9.17) is 19.2 Å². The molecule has 5 rings (SSSR count). The fourth-order valence-corrected chi connectivity index (χ4v) is 3.68. The third kappa shape index (κ3) is 3.87. The number of anilines is 1. The van der Waals surface area contributed by atoms with Gasteiger partial charge in [0.25, 0.3) is 0 Å². The van der Waals surface area contributed by atoms with Crippen LogP contribution in [0.4, 0.5) is 5.82 Å². The van der Waals surface area contributed by atoms with Gasteiger partial charge in [-0.1, -0.05) is 18.2 Å². The van der Waals surface area contributed by atoms with Crippen LogP contribution in [0.15, 0.2) is 65.3 Å². The van der Waals surface area contributed by atoms with Gasteiger partial charge in [0, 0.05) is 35.7 Å². The van der Waals surface area contributed by atoms with Gasteiger partial charge in [-0.3, -0.25) is 0 Å². The van der Waals surface area contributed by atoms with E-state index in [0.29, 0.717) is 19.1 Å². The minimum absolute atomic E-state index is 0.253. The Morgan fingerprint density at radius 2 is 1.87 bits per heavy atom. The van der Waals surface area contributed by atoms with Crippen LogP contribution < -0.4 is 9.64 Å². The average molecular weight is 415 g/mol. The van der Waals surface area contributed by atoms with Gasteiger partial charge in [-0.2, -0.15) is 0 Å².